The number of thiazole rings is 1. The first-order valence-electron chi connectivity index (χ1n) is 8.87. The second-order valence-electron chi connectivity index (χ2n) is 6.45. The van der Waals surface area contributed by atoms with Gasteiger partial charge in [0.2, 0.25) is 0 Å². The van der Waals surface area contributed by atoms with Crippen LogP contribution in [0.25, 0.3) is 33.7 Å². The minimum atomic E-state index is 0.758. The van der Waals surface area contributed by atoms with Crippen LogP contribution in [0.5, 0.6) is 0 Å². The highest BCUT2D eigenvalue weighted by molar-refractivity contribution is 7.07. The molecule has 0 saturated heterocycles. The second-order valence-corrected chi connectivity index (χ2v) is 7.17. The van der Waals surface area contributed by atoms with Crippen molar-refractivity contribution < 1.29 is 0 Å². The van der Waals surface area contributed by atoms with Crippen LogP contribution in [-0.4, -0.2) is 14.5 Å². The molecule has 2 heterocycles. The Labute approximate surface area is 161 Å². The summed E-state index contributed by atoms with van der Waals surface area (Å²) in [5.41, 5.74) is 8.62. The smallest absolute Gasteiger partial charge is 0.160 e. The normalized spacial score (nSPS) is 11.1. The van der Waals surface area contributed by atoms with Gasteiger partial charge in [-0.1, -0.05) is 60.7 Å². The molecule has 0 unspecified atom stereocenters. The maximum absolute atomic E-state index is 4.84. The molecule has 3 nitrogen and oxygen atoms in total. The van der Waals surface area contributed by atoms with Crippen LogP contribution in [0.4, 0.5) is 0 Å². The van der Waals surface area contributed by atoms with E-state index in [0.29, 0.717) is 0 Å². The summed E-state index contributed by atoms with van der Waals surface area (Å²) in [6.07, 6.45) is 0. The molecule has 5 rings (SSSR count). The van der Waals surface area contributed by atoms with Crippen molar-refractivity contribution in [3.8, 4) is 22.6 Å². The van der Waals surface area contributed by atoms with Gasteiger partial charge >= 0.3 is 0 Å². The number of benzene rings is 3. The fourth-order valence-electron chi connectivity index (χ4n) is 3.42. The summed E-state index contributed by atoms with van der Waals surface area (Å²) in [5, 5.41) is 2.05. The zero-order valence-corrected chi connectivity index (χ0v) is 15.4. The monoisotopic (exact) mass is 367 g/mol. The molecule has 0 spiro atoms. The Morgan fingerprint density at radius 1 is 0.815 bits per heavy atom. The second kappa shape index (κ2) is 6.82. The lowest BCUT2D eigenvalue weighted by molar-refractivity contribution is 0.832. The van der Waals surface area contributed by atoms with E-state index in [1.807, 2.05) is 17.6 Å². The SMILES string of the molecule is c1ccc(-c2cccc(Cn3c(-c4cscn4)nc4ccccc43)c2)cc1. The Balaban J connectivity index is 1.60. The topological polar surface area (TPSA) is 30.7 Å². The minimum Gasteiger partial charge on any atom is -0.318 e. The summed E-state index contributed by atoms with van der Waals surface area (Å²) in [5.74, 6) is 0.919. The molecule has 27 heavy (non-hydrogen) atoms. The van der Waals surface area contributed by atoms with E-state index in [9.17, 15) is 0 Å². The van der Waals surface area contributed by atoms with E-state index in [1.165, 1.54) is 16.7 Å². The number of nitrogens with zero attached hydrogens (tertiary/aromatic N) is 3. The van der Waals surface area contributed by atoms with Crippen molar-refractivity contribution in [3.05, 3.63) is 95.3 Å². The number of aromatic nitrogens is 3. The third-order valence-corrected chi connectivity index (χ3v) is 5.28. The summed E-state index contributed by atoms with van der Waals surface area (Å²) in [7, 11) is 0. The highest BCUT2D eigenvalue weighted by Crippen LogP contribution is 2.27. The van der Waals surface area contributed by atoms with E-state index in [1.54, 1.807) is 11.3 Å². The number of imidazole rings is 1. The molecule has 0 bridgehead atoms. The molecule has 0 saturated carbocycles. The van der Waals surface area contributed by atoms with Crippen molar-refractivity contribution in [3.63, 3.8) is 0 Å². The van der Waals surface area contributed by atoms with Crippen LogP contribution >= 0.6 is 11.3 Å². The summed E-state index contributed by atoms with van der Waals surface area (Å²) in [6, 6.07) is 27.5. The van der Waals surface area contributed by atoms with Crippen molar-refractivity contribution in [2.24, 2.45) is 0 Å². The van der Waals surface area contributed by atoms with E-state index in [-0.39, 0.29) is 0 Å². The predicted molar refractivity (Wildman–Crippen MR) is 112 cm³/mol. The first kappa shape index (κ1) is 16.0. The zero-order valence-electron chi connectivity index (χ0n) is 14.6. The van der Waals surface area contributed by atoms with Gasteiger partial charge in [-0.3, -0.25) is 0 Å². The van der Waals surface area contributed by atoms with E-state index in [0.717, 1.165) is 29.1 Å². The molecule has 130 valence electrons. The molecule has 3 aromatic carbocycles. The Bertz CT molecular complexity index is 1190. The van der Waals surface area contributed by atoms with Gasteiger partial charge in [-0.05, 0) is 34.9 Å². The van der Waals surface area contributed by atoms with Crippen molar-refractivity contribution >= 4 is 22.4 Å². The lowest BCUT2D eigenvalue weighted by atomic mass is 10.0. The van der Waals surface area contributed by atoms with Gasteiger partial charge in [-0.25, -0.2) is 9.97 Å². The summed E-state index contributed by atoms with van der Waals surface area (Å²) < 4.78 is 2.26. The average Bonchev–Trinajstić information content (AvgIpc) is 3.37. The summed E-state index contributed by atoms with van der Waals surface area (Å²) >= 11 is 1.59. The van der Waals surface area contributed by atoms with Crippen molar-refractivity contribution in [2.75, 3.05) is 0 Å². The lowest BCUT2D eigenvalue weighted by Crippen LogP contribution is -2.02. The van der Waals surface area contributed by atoms with Gasteiger partial charge in [-0.2, -0.15) is 0 Å². The molecule has 0 aliphatic carbocycles. The third-order valence-electron chi connectivity index (χ3n) is 4.69. The van der Waals surface area contributed by atoms with Crippen molar-refractivity contribution in [1.29, 1.82) is 0 Å². The average molecular weight is 367 g/mol. The number of hydrogen-bond acceptors (Lipinski definition) is 3. The summed E-state index contributed by atoms with van der Waals surface area (Å²) in [6.45, 7) is 0.758. The van der Waals surface area contributed by atoms with Gasteiger partial charge in [0.1, 0.15) is 5.69 Å². The summed E-state index contributed by atoms with van der Waals surface area (Å²) in [4.78, 5) is 9.32. The van der Waals surface area contributed by atoms with E-state index in [2.05, 4.69) is 81.7 Å². The quantitative estimate of drug-likeness (QED) is 0.397. The molecular weight excluding hydrogens is 350 g/mol. The Morgan fingerprint density at radius 3 is 2.48 bits per heavy atom. The maximum Gasteiger partial charge on any atom is 0.160 e. The van der Waals surface area contributed by atoms with Crippen LogP contribution < -0.4 is 0 Å². The first-order chi connectivity index (χ1) is 13.4. The maximum atomic E-state index is 4.84. The molecule has 0 N–H and O–H groups in total. The molecule has 0 amide bonds. The van der Waals surface area contributed by atoms with Crippen molar-refractivity contribution in [2.45, 2.75) is 6.54 Å². The molecule has 5 aromatic rings. The molecule has 0 aliphatic rings. The largest absolute Gasteiger partial charge is 0.318 e. The van der Waals surface area contributed by atoms with E-state index >= 15 is 0 Å². The van der Waals surface area contributed by atoms with Crippen LogP contribution in [0.2, 0.25) is 0 Å². The number of fused-ring (bicyclic) bond motifs is 1. The van der Waals surface area contributed by atoms with Gasteiger partial charge in [0.25, 0.3) is 0 Å². The van der Waals surface area contributed by atoms with E-state index < -0.39 is 0 Å². The number of para-hydroxylation sites is 2. The fraction of sp³-hybridized carbons (Fsp3) is 0.0435. The van der Waals surface area contributed by atoms with E-state index in [4.69, 9.17) is 4.98 Å². The Morgan fingerprint density at radius 2 is 1.63 bits per heavy atom. The number of hydrogen-bond donors (Lipinski definition) is 0. The lowest BCUT2D eigenvalue weighted by Gasteiger charge is -2.10. The minimum absolute atomic E-state index is 0.758. The van der Waals surface area contributed by atoms with Crippen LogP contribution in [0.1, 0.15) is 5.56 Å². The molecule has 0 fully saturated rings. The van der Waals surface area contributed by atoms with Gasteiger partial charge in [0.05, 0.1) is 16.5 Å². The standard InChI is InChI=1S/C23H17N3S/c1-2-8-18(9-3-1)19-10-6-7-17(13-19)14-26-22-12-5-4-11-20(22)25-23(26)21-15-27-16-24-21/h1-13,15-16H,14H2. The molecule has 4 heteroatoms. The van der Waals surface area contributed by atoms with Gasteiger partial charge in [0.15, 0.2) is 5.82 Å². The highest BCUT2D eigenvalue weighted by Gasteiger charge is 2.14. The van der Waals surface area contributed by atoms with Crippen LogP contribution in [0.15, 0.2) is 89.8 Å². The molecule has 0 radical (unpaired) electrons. The Kier molecular flexibility index (Phi) is 4.03. The third kappa shape index (κ3) is 3.04. The number of rotatable bonds is 4. The fourth-order valence-corrected chi connectivity index (χ4v) is 3.95. The van der Waals surface area contributed by atoms with Crippen LogP contribution in [0.3, 0.4) is 0 Å². The first-order valence-corrected chi connectivity index (χ1v) is 9.81. The Hall–Kier alpha value is -3.24. The molecule has 0 atom stereocenters. The van der Waals surface area contributed by atoms with Crippen LogP contribution in [-0.2, 0) is 6.54 Å². The molecular formula is C23H17N3S. The zero-order chi connectivity index (χ0) is 18.1. The molecule has 0 aliphatic heterocycles. The predicted octanol–water partition coefficient (Wildman–Crippen LogP) is 5.88. The molecule has 2 aromatic heterocycles. The van der Waals surface area contributed by atoms with Gasteiger partial charge in [-0.15, -0.1) is 11.3 Å². The van der Waals surface area contributed by atoms with Crippen LogP contribution in [0, 0.1) is 0 Å². The van der Waals surface area contributed by atoms with Crippen molar-refractivity contribution in [1.82, 2.24) is 14.5 Å². The van der Waals surface area contributed by atoms with Gasteiger partial charge < -0.3 is 4.57 Å². The van der Waals surface area contributed by atoms with Gasteiger partial charge in [0, 0.05) is 11.9 Å². The highest BCUT2D eigenvalue weighted by atomic mass is 32.1.